The molecule has 348 valence electrons. The third-order valence-corrected chi connectivity index (χ3v) is 14.4. The molecule has 15 heteroatoms. The number of aromatic nitrogens is 4. The van der Waals surface area contributed by atoms with E-state index in [4.69, 9.17) is 50.4 Å². The summed E-state index contributed by atoms with van der Waals surface area (Å²) < 4.78 is 22.1. The molecule has 0 aliphatic carbocycles. The number of Topliss-reactive ketones (excluding diaryl/α,β-unsaturated/α-hetero) is 1. The molecule has 0 radical (unpaired) electrons. The van der Waals surface area contributed by atoms with Crippen molar-refractivity contribution >= 4 is 51.1 Å². The normalized spacial score (nSPS) is 17.2. The van der Waals surface area contributed by atoms with Crippen LogP contribution in [0, 0.1) is 0 Å². The van der Waals surface area contributed by atoms with E-state index >= 15 is 0 Å². The van der Waals surface area contributed by atoms with Gasteiger partial charge in [-0.05, 0) is 89.0 Å². The molecule has 0 bridgehead atoms. The number of carbonyl (C=O) groups is 1. The molecule has 2 aromatic heterocycles. The fourth-order valence-electron chi connectivity index (χ4n) is 10.4. The average Bonchev–Trinajstić information content (AvgIpc) is 3.35. The Morgan fingerprint density at radius 3 is 1.24 bits per heavy atom. The Kier molecular flexibility index (Phi) is 13.4. The number of fused-ring (bicyclic) bond motifs is 2. The van der Waals surface area contributed by atoms with Gasteiger partial charge in [-0.15, -0.1) is 0 Å². The minimum absolute atomic E-state index is 0.198. The van der Waals surface area contributed by atoms with Crippen molar-refractivity contribution in [2.24, 2.45) is 0 Å². The number of carbonyl (C=O) groups excluding carboxylic acids is 1. The van der Waals surface area contributed by atoms with Crippen LogP contribution in [0.25, 0.3) is 21.8 Å². The van der Waals surface area contributed by atoms with Crippen LogP contribution in [-0.4, -0.2) is 129 Å². The zero-order valence-electron chi connectivity index (χ0n) is 39.6. The van der Waals surface area contributed by atoms with Crippen LogP contribution < -0.4 is 40.2 Å². The summed E-state index contributed by atoms with van der Waals surface area (Å²) in [6.45, 7) is 8.66. The number of likely N-dealkylation sites (N-methyl/N-ethyl adjacent to an activating group) is 2. The first-order chi connectivity index (χ1) is 31.8. The highest BCUT2D eigenvalue weighted by Gasteiger charge is 2.43. The molecule has 8 rings (SSSR count). The lowest BCUT2D eigenvalue weighted by Gasteiger charge is -2.47. The van der Waals surface area contributed by atoms with Crippen molar-refractivity contribution in [3.63, 3.8) is 0 Å². The number of methoxy groups -OCH3 is 4. The van der Waals surface area contributed by atoms with E-state index in [9.17, 15) is 4.79 Å². The van der Waals surface area contributed by atoms with Crippen LogP contribution in [0.4, 0.5) is 23.5 Å². The van der Waals surface area contributed by atoms with Gasteiger partial charge in [-0.3, -0.25) is 14.6 Å². The number of nitrogens with zero attached hydrogens (tertiary/aromatic N) is 8. The monoisotopic (exact) mass is 897 g/mol. The molecule has 0 amide bonds. The summed E-state index contributed by atoms with van der Waals surface area (Å²) >= 11 is 0. The standard InChI is InChI=1S/C51H64N10O5/c1-33(60-23-19-50(20-24-60,35-15-11-9-12-16-35)31-58(3)48-54-39-29-43(65-7)41(63-5)27-37(39)46(52)56-48)45(62)34(2)61-25-21-51(22-26-61,36-17-13-10-14-18-36)32-59(4)49-55-40-30-44(66-8)42(64-6)28-38(40)47(53)57-49/h9-18,27-30,33-34H,19-26,31-32H2,1-8H3,(H2,52,54,56)(H2,53,55,57). The van der Waals surface area contributed by atoms with Gasteiger partial charge in [0.1, 0.15) is 11.6 Å². The van der Waals surface area contributed by atoms with Crippen LogP contribution in [0.3, 0.4) is 0 Å². The highest BCUT2D eigenvalue weighted by Crippen LogP contribution is 2.41. The van der Waals surface area contributed by atoms with E-state index in [0.717, 1.165) is 51.9 Å². The van der Waals surface area contributed by atoms with Gasteiger partial charge in [0.25, 0.3) is 0 Å². The van der Waals surface area contributed by atoms with Gasteiger partial charge in [0.15, 0.2) is 28.8 Å². The van der Waals surface area contributed by atoms with Crippen molar-refractivity contribution in [2.75, 3.05) is 103 Å². The van der Waals surface area contributed by atoms with Crippen LogP contribution in [-0.2, 0) is 15.6 Å². The zero-order chi connectivity index (χ0) is 46.8. The Morgan fingerprint density at radius 2 is 0.909 bits per heavy atom. The van der Waals surface area contributed by atoms with Gasteiger partial charge >= 0.3 is 0 Å². The van der Waals surface area contributed by atoms with Crippen molar-refractivity contribution < 1.29 is 23.7 Å². The molecule has 66 heavy (non-hydrogen) atoms. The number of nitrogens with two attached hydrogens (primary N) is 2. The molecule has 2 saturated heterocycles. The lowest BCUT2D eigenvalue weighted by molar-refractivity contribution is -0.130. The van der Waals surface area contributed by atoms with Gasteiger partial charge in [-0.25, -0.2) is 9.97 Å². The van der Waals surface area contributed by atoms with Gasteiger partial charge in [0, 0.05) is 60.9 Å². The summed E-state index contributed by atoms with van der Waals surface area (Å²) in [7, 11) is 10.5. The van der Waals surface area contributed by atoms with Gasteiger partial charge < -0.3 is 40.2 Å². The lowest BCUT2D eigenvalue weighted by atomic mass is 9.71. The molecule has 6 aromatic rings. The number of ether oxygens (including phenoxy) is 4. The first kappa shape index (κ1) is 46.1. The predicted molar refractivity (Wildman–Crippen MR) is 262 cm³/mol. The van der Waals surface area contributed by atoms with Gasteiger partial charge in [-0.2, -0.15) is 9.97 Å². The number of benzene rings is 4. The van der Waals surface area contributed by atoms with Crippen LogP contribution in [0.5, 0.6) is 23.0 Å². The Labute approximate surface area is 388 Å². The molecule has 2 aliphatic heterocycles. The molecule has 2 atom stereocenters. The van der Waals surface area contributed by atoms with Crippen molar-refractivity contribution in [1.29, 1.82) is 0 Å². The van der Waals surface area contributed by atoms with E-state index in [1.807, 2.05) is 38.4 Å². The van der Waals surface area contributed by atoms with E-state index in [-0.39, 0.29) is 28.7 Å². The maximum absolute atomic E-state index is 14.5. The number of rotatable bonds is 16. The second kappa shape index (κ2) is 19.2. The van der Waals surface area contributed by atoms with Gasteiger partial charge in [0.2, 0.25) is 11.9 Å². The van der Waals surface area contributed by atoms with E-state index in [0.29, 0.717) is 81.4 Å². The quantitative estimate of drug-likeness (QED) is 0.104. The van der Waals surface area contributed by atoms with E-state index in [2.05, 4.69) is 94.1 Å². The molecule has 4 aromatic carbocycles. The molecule has 0 spiro atoms. The van der Waals surface area contributed by atoms with E-state index < -0.39 is 0 Å². The number of ketones is 1. The van der Waals surface area contributed by atoms with E-state index in [1.54, 1.807) is 28.4 Å². The Bertz CT molecular complexity index is 2470. The summed E-state index contributed by atoms with van der Waals surface area (Å²) in [5, 5.41) is 1.41. The van der Waals surface area contributed by atoms with Crippen LogP contribution in [0.1, 0.15) is 50.7 Å². The number of piperidine rings is 2. The van der Waals surface area contributed by atoms with Gasteiger partial charge in [-0.1, -0.05) is 60.7 Å². The first-order valence-corrected chi connectivity index (χ1v) is 22.8. The van der Waals surface area contributed by atoms with Crippen molar-refractivity contribution in [2.45, 2.75) is 62.4 Å². The number of anilines is 4. The number of nitrogen functional groups attached to an aromatic ring is 2. The fourth-order valence-corrected chi connectivity index (χ4v) is 10.4. The number of hydrogen-bond acceptors (Lipinski definition) is 15. The summed E-state index contributed by atoms with van der Waals surface area (Å²) in [5.41, 5.74) is 16.6. The third-order valence-electron chi connectivity index (χ3n) is 14.4. The molecule has 4 heterocycles. The molecule has 2 unspecified atom stereocenters. The highest BCUT2D eigenvalue weighted by atomic mass is 16.5. The van der Waals surface area contributed by atoms with E-state index in [1.165, 1.54) is 11.1 Å². The third kappa shape index (κ3) is 8.93. The molecule has 4 N–H and O–H groups in total. The lowest BCUT2D eigenvalue weighted by Crippen LogP contribution is -2.57. The second-order valence-corrected chi connectivity index (χ2v) is 18.1. The largest absolute Gasteiger partial charge is 0.493 e. The molecular weight excluding hydrogens is 833 g/mol. The molecule has 2 fully saturated rings. The summed E-state index contributed by atoms with van der Waals surface area (Å²) in [4.78, 5) is 42.8. The summed E-state index contributed by atoms with van der Waals surface area (Å²) in [5.74, 6) is 4.40. The van der Waals surface area contributed by atoms with Crippen molar-refractivity contribution in [3.8, 4) is 23.0 Å². The predicted octanol–water partition coefficient (Wildman–Crippen LogP) is 6.76. The SMILES string of the molecule is COc1cc2nc(N(C)CC3(c4ccccc4)CCN(C(C)C(=O)C(C)N4CCC(CN(C)c5nc(N)c6cc(OC)c(OC)cc6n5)(c5ccccc5)CC4)CC3)nc(N)c2cc1OC. The van der Waals surface area contributed by atoms with Crippen LogP contribution >= 0.6 is 0 Å². The van der Waals surface area contributed by atoms with Crippen LogP contribution in [0.15, 0.2) is 84.9 Å². The zero-order valence-corrected chi connectivity index (χ0v) is 39.6. The second-order valence-electron chi connectivity index (χ2n) is 18.1. The maximum Gasteiger partial charge on any atom is 0.227 e. The van der Waals surface area contributed by atoms with Crippen LogP contribution in [0.2, 0.25) is 0 Å². The number of likely N-dealkylation sites (tertiary alicyclic amines) is 2. The minimum atomic E-state index is -0.233. The summed E-state index contributed by atoms with van der Waals surface area (Å²) in [6, 6.07) is 28.3. The molecular formula is C51H64N10O5. The smallest absolute Gasteiger partial charge is 0.227 e. The number of hydrogen-bond donors (Lipinski definition) is 2. The highest BCUT2D eigenvalue weighted by molar-refractivity contribution is 5.93. The Morgan fingerprint density at radius 1 is 0.576 bits per heavy atom. The summed E-state index contributed by atoms with van der Waals surface area (Å²) in [6.07, 6.45) is 3.47. The molecule has 15 nitrogen and oxygen atoms in total. The van der Waals surface area contributed by atoms with Crippen molar-refractivity contribution in [3.05, 3.63) is 96.1 Å². The fraction of sp³-hybridized carbons (Fsp3) is 0.431. The molecule has 2 aliphatic rings. The first-order valence-electron chi connectivity index (χ1n) is 22.8. The molecule has 0 saturated carbocycles. The minimum Gasteiger partial charge on any atom is -0.493 e. The average molecular weight is 897 g/mol. The topological polar surface area (TPSA) is 171 Å². The maximum atomic E-state index is 14.5. The van der Waals surface area contributed by atoms with Crippen molar-refractivity contribution in [1.82, 2.24) is 29.7 Å². The Balaban J connectivity index is 0.946. The van der Waals surface area contributed by atoms with Gasteiger partial charge in [0.05, 0.1) is 51.6 Å². The Hall–Kier alpha value is -6.45.